The first-order valence-electron chi connectivity index (χ1n) is 7.80. The minimum atomic E-state index is -0.305. The molecule has 0 aliphatic carbocycles. The van der Waals surface area contributed by atoms with Gasteiger partial charge in [0.25, 0.3) is 0 Å². The Morgan fingerprint density at radius 3 is 2.12 bits per heavy atom. The molecule has 0 radical (unpaired) electrons. The summed E-state index contributed by atoms with van der Waals surface area (Å²) in [5.74, 6) is 1.13. The normalized spacial score (nSPS) is 10.6. The van der Waals surface area contributed by atoms with Gasteiger partial charge in [-0.3, -0.25) is 5.32 Å². The molecular formula is C19H19N3O2. The minimum Gasteiger partial charge on any atom is -0.360 e. The highest BCUT2D eigenvalue weighted by Gasteiger charge is 2.15. The summed E-state index contributed by atoms with van der Waals surface area (Å²) in [5, 5.41) is 9.32. The van der Waals surface area contributed by atoms with E-state index < -0.39 is 0 Å². The average molecular weight is 321 g/mol. The molecule has 122 valence electrons. The molecule has 24 heavy (non-hydrogen) atoms. The van der Waals surface area contributed by atoms with Crippen LogP contribution in [0.25, 0.3) is 0 Å². The Bertz CT molecular complexity index is 745. The lowest BCUT2D eigenvalue weighted by Crippen LogP contribution is -2.32. The van der Waals surface area contributed by atoms with Crippen LogP contribution in [0.1, 0.15) is 22.8 Å². The Balaban J connectivity index is 1.69. The molecule has 1 heterocycles. The number of carbonyl (C=O) groups is 1. The van der Waals surface area contributed by atoms with E-state index in [0.717, 1.165) is 11.1 Å². The van der Waals surface area contributed by atoms with E-state index in [1.807, 2.05) is 36.4 Å². The van der Waals surface area contributed by atoms with Crippen LogP contribution in [-0.2, 0) is 0 Å². The fraction of sp³-hybridized carbons (Fsp3) is 0.158. The van der Waals surface area contributed by atoms with Gasteiger partial charge in [-0.2, -0.15) is 0 Å². The molecule has 0 fully saturated rings. The zero-order valence-electron chi connectivity index (χ0n) is 13.4. The van der Waals surface area contributed by atoms with Crippen LogP contribution in [0.3, 0.4) is 0 Å². The smallest absolute Gasteiger partial charge is 0.320 e. The number of hydrogen-bond donors (Lipinski definition) is 2. The van der Waals surface area contributed by atoms with Gasteiger partial charge in [0.2, 0.25) is 0 Å². The van der Waals surface area contributed by atoms with Crippen LogP contribution < -0.4 is 10.6 Å². The highest BCUT2D eigenvalue weighted by Crippen LogP contribution is 2.23. The Morgan fingerprint density at radius 1 is 1.04 bits per heavy atom. The van der Waals surface area contributed by atoms with Crippen molar-refractivity contribution in [3.05, 3.63) is 83.6 Å². The third kappa shape index (κ3) is 4.01. The SMILES string of the molecule is Cc1cc(NC(=O)NCC(c2ccccc2)c2ccccc2)no1. The molecule has 5 heteroatoms. The molecule has 0 spiro atoms. The van der Waals surface area contributed by atoms with Crippen LogP contribution in [0.5, 0.6) is 0 Å². The van der Waals surface area contributed by atoms with Gasteiger partial charge < -0.3 is 9.84 Å². The van der Waals surface area contributed by atoms with Crippen molar-refractivity contribution in [2.75, 3.05) is 11.9 Å². The Kier molecular flexibility index (Phi) is 4.91. The number of aryl methyl sites for hydroxylation is 1. The quantitative estimate of drug-likeness (QED) is 0.748. The van der Waals surface area contributed by atoms with Crippen molar-refractivity contribution < 1.29 is 9.32 Å². The number of nitrogens with one attached hydrogen (secondary N) is 2. The van der Waals surface area contributed by atoms with Gasteiger partial charge in [0.05, 0.1) is 0 Å². The molecule has 0 unspecified atom stereocenters. The van der Waals surface area contributed by atoms with Crippen molar-refractivity contribution in [2.45, 2.75) is 12.8 Å². The average Bonchev–Trinajstić information content (AvgIpc) is 3.02. The second-order valence-corrected chi connectivity index (χ2v) is 5.53. The van der Waals surface area contributed by atoms with E-state index in [2.05, 4.69) is 40.1 Å². The predicted octanol–water partition coefficient (Wildman–Crippen LogP) is 3.94. The fourth-order valence-electron chi connectivity index (χ4n) is 2.58. The maximum Gasteiger partial charge on any atom is 0.320 e. The summed E-state index contributed by atoms with van der Waals surface area (Å²) >= 11 is 0. The maximum absolute atomic E-state index is 12.1. The van der Waals surface area contributed by atoms with E-state index in [1.165, 1.54) is 0 Å². The second kappa shape index (κ2) is 7.46. The molecule has 0 saturated heterocycles. The molecule has 2 aromatic carbocycles. The van der Waals surface area contributed by atoms with E-state index in [0.29, 0.717) is 18.1 Å². The van der Waals surface area contributed by atoms with Gasteiger partial charge in [0, 0.05) is 18.5 Å². The van der Waals surface area contributed by atoms with Crippen molar-refractivity contribution in [1.82, 2.24) is 10.5 Å². The summed E-state index contributed by atoms with van der Waals surface area (Å²) in [7, 11) is 0. The number of rotatable bonds is 5. The first-order valence-corrected chi connectivity index (χ1v) is 7.80. The molecule has 2 amide bonds. The molecule has 0 aliphatic rings. The van der Waals surface area contributed by atoms with E-state index in [1.54, 1.807) is 13.0 Å². The largest absolute Gasteiger partial charge is 0.360 e. The third-order valence-corrected chi connectivity index (χ3v) is 3.74. The standard InChI is InChI=1S/C19H19N3O2/c1-14-12-18(22-24-14)21-19(23)20-13-17(15-8-4-2-5-9-15)16-10-6-3-7-11-16/h2-12,17H,13H2,1H3,(H2,20,21,22,23). The summed E-state index contributed by atoms with van der Waals surface area (Å²) in [6.45, 7) is 2.26. The van der Waals surface area contributed by atoms with Crippen LogP contribution in [-0.4, -0.2) is 17.7 Å². The number of anilines is 1. The predicted molar refractivity (Wildman–Crippen MR) is 93.0 cm³/mol. The number of hydrogen-bond acceptors (Lipinski definition) is 3. The Labute approximate surface area is 140 Å². The topological polar surface area (TPSA) is 67.2 Å². The number of nitrogens with zero attached hydrogens (tertiary/aromatic N) is 1. The van der Waals surface area contributed by atoms with Gasteiger partial charge >= 0.3 is 6.03 Å². The van der Waals surface area contributed by atoms with Crippen LogP contribution in [0, 0.1) is 6.92 Å². The Morgan fingerprint density at radius 2 is 1.62 bits per heavy atom. The summed E-state index contributed by atoms with van der Waals surface area (Å²) in [6, 6.07) is 21.6. The Hall–Kier alpha value is -3.08. The molecular weight excluding hydrogens is 302 g/mol. The van der Waals surface area contributed by atoms with Crippen molar-refractivity contribution in [3.63, 3.8) is 0 Å². The van der Waals surface area contributed by atoms with Gasteiger partial charge in [0.1, 0.15) is 5.76 Å². The van der Waals surface area contributed by atoms with E-state index in [4.69, 9.17) is 4.52 Å². The number of amides is 2. The first kappa shape index (κ1) is 15.8. The molecule has 0 atom stereocenters. The lowest BCUT2D eigenvalue weighted by atomic mass is 9.91. The van der Waals surface area contributed by atoms with E-state index in [-0.39, 0.29) is 11.9 Å². The van der Waals surface area contributed by atoms with Crippen molar-refractivity contribution >= 4 is 11.8 Å². The summed E-state index contributed by atoms with van der Waals surface area (Å²) in [6.07, 6.45) is 0. The molecule has 0 saturated carbocycles. The highest BCUT2D eigenvalue weighted by molar-refractivity contribution is 5.88. The number of benzene rings is 2. The highest BCUT2D eigenvalue weighted by atomic mass is 16.5. The monoisotopic (exact) mass is 321 g/mol. The molecule has 3 aromatic rings. The van der Waals surface area contributed by atoms with Crippen LogP contribution in [0.4, 0.5) is 10.6 Å². The summed E-state index contributed by atoms with van der Waals surface area (Å²) in [5.41, 5.74) is 2.31. The summed E-state index contributed by atoms with van der Waals surface area (Å²) in [4.78, 5) is 12.1. The second-order valence-electron chi connectivity index (χ2n) is 5.53. The van der Waals surface area contributed by atoms with E-state index in [9.17, 15) is 4.79 Å². The maximum atomic E-state index is 12.1. The number of aromatic nitrogens is 1. The van der Waals surface area contributed by atoms with Crippen molar-refractivity contribution in [1.29, 1.82) is 0 Å². The van der Waals surface area contributed by atoms with Gasteiger partial charge in [-0.1, -0.05) is 65.8 Å². The third-order valence-electron chi connectivity index (χ3n) is 3.74. The molecule has 3 rings (SSSR count). The lowest BCUT2D eigenvalue weighted by molar-refractivity contribution is 0.251. The summed E-state index contributed by atoms with van der Waals surface area (Å²) < 4.78 is 4.94. The first-order chi connectivity index (χ1) is 11.7. The minimum absolute atomic E-state index is 0.0807. The van der Waals surface area contributed by atoms with Gasteiger partial charge in [-0.15, -0.1) is 0 Å². The van der Waals surface area contributed by atoms with Gasteiger partial charge in [-0.05, 0) is 18.1 Å². The van der Waals surface area contributed by atoms with Crippen LogP contribution >= 0.6 is 0 Å². The molecule has 1 aromatic heterocycles. The zero-order valence-corrected chi connectivity index (χ0v) is 13.4. The number of carbonyl (C=O) groups excluding carboxylic acids is 1. The number of urea groups is 1. The van der Waals surface area contributed by atoms with Crippen molar-refractivity contribution in [3.8, 4) is 0 Å². The molecule has 0 aliphatic heterocycles. The van der Waals surface area contributed by atoms with E-state index >= 15 is 0 Å². The van der Waals surface area contributed by atoms with Crippen molar-refractivity contribution in [2.24, 2.45) is 0 Å². The van der Waals surface area contributed by atoms with Gasteiger partial charge in [-0.25, -0.2) is 4.79 Å². The lowest BCUT2D eigenvalue weighted by Gasteiger charge is -2.18. The zero-order chi connectivity index (χ0) is 16.8. The van der Waals surface area contributed by atoms with Crippen LogP contribution in [0.15, 0.2) is 71.3 Å². The molecule has 0 bridgehead atoms. The van der Waals surface area contributed by atoms with Crippen LogP contribution in [0.2, 0.25) is 0 Å². The molecule has 5 nitrogen and oxygen atoms in total. The molecule has 2 N–H and O–H groups in total. The van der Waals surface area contributed by atoms with Gasteiger partial charge in [0.15, 0.2) is 5.82 Å². The fourth-order valence-corrected chi connectivity index (χ4v) is 2.58.